The molecule has 76 valence electrons. The SMILES string of the molecule is C#Cc1ccc(N2CCOC(=C)C2)cc1. The van der Waals surface area contributed by atoms with Gasteiger partial charge in [-0.15, -0.1) is 6.42 Å². The maximum absolute atomic E-state index is 5.31. The van der Waals surface area contributed by atoms with Crippen molar-refractivity contribution in [3.8, 4) is 12.3 Å². The zero-order valence-corrected chi connectivity index (χ0v) is 8.57. The molecule has 1 heterocycles. The Morgan fingerprint density at radius 2 is 2.07 bits per heavy atom. The van der Waals surface area contributed by atoms with Gasteiger partial charge in [0.05, 0.1) is 13.1 Å². The summed E-state index contributed by atoms with van der Waals surface area (Å²) in [5.74, 6) is 3.43. The Kier molecular flexibility index (Phi) is 2.64. The van der Waals surface area contributed by atoms with Crippen LogP contribution in [0.2, 0.25) is 0 Å². The number of hydrogen-bond donors (Lipinski definition) is 0. The molecule has 0 amide bonds. The Balaban J connectivity index is 2.15. The zero-order chi connectivity index (χ0) is 10.7. The van der Waals surface area contributed by atoms with Crippen molar-refractivity contribution < 1.29 is 4.74 Å². The van der Waals surface area contributed by atoms with Crippen molar-refractivity contribution in [2.75, 3.05) is 24.6 Å². The third-order valence-electron chi connectivity index (χ3n) is 2.43. The lowest BCUT2D eigenvalue weighted by molar-refractivity contribution is 0.193. The number of rotatable bonds is 1. The molecular formula is C13H13NO. The molecule has 1 aliphatic heterocycles. The van der Waals surface area contributed by atoms with Gasteiger partial charge in [0, 0.05) is 11.3 Å². The quantitative estimate of drug-likeness (QED) is 0.641. The smallest absolute Gasteiger partial charge is 0.108 e. The second kappa shape index (κ2) is 4.10. The monoisotopic (exact) mass is 199 g/mol. The van der Waals surface area contributed by atoms with Crippen LogP contribution >= 0.6 is 0 Å². The van der Waals surface area contributed by atoms with Crippen LogP contribution in [0.1, 0.15) is 5.56 Å². The van der Waals surface area contributed by atoms with E-state index in [4.69, 9.17) is 11.2 Å². The summed E-state index contributed by atoms with van der Waals surface area (Å²) in [4.78, 5) is 2.23. The fourth-order valence-corrected chi connectivity index (χ4v) is 1.63. The van der Waals surface area contributed by atoms with Crippen LogP contribution < -0.4 is 4.90 Å². The number of nitrogens with zero attached hydrogens (tertiary/aromatic N) is 1. The molecule has 15 heavy (non-hydrogen) atoms. The van der Waals surface area contributed by atoms with Crippen LogP contribution in [0.4, 0.5) is 5.69 Å². The number of morpholine rings is 1. The van der Waals surface area contributed by atoms with Crippen molar-refractivity contribution in [3.05, 3.63) is 42.2 Å². The minimum Gasteiger partial charge on any atom is -0.495 e. The van der Waals surface area contributed by atoms with E-state index in [0.29, 0.717) is 6.61 Å². The number of benzene rings is 1. The van der Waals surface area contributed by atoms with Crippen LogP contribution in [0.25, 0.3) is 0 Å². The lowest BCUT2D eigenvalue weighted by Gasteiger charge is -2.30. The van der Waals surface area contributed by atoms with Gasteiger partial charge in [0.2, 0.25) is 0 Å². The van der Waals surface area contributed by atoms with Crippen molar-refractivity contribution >= 4 is 5.69 Å². The molecule has 1 aromatic rings. The Labute approximate surface area is 90.2 Å². The maximum atomic E-state index is 5.31. The van der Waals surface area contributed by atoms with Gasteiger partial charge < -0.3 is 9.64 Å². The second-order valence-corrected chi connectivity index (χ2v) is 3.50. The van der Waals surface area contributed by atoms with Crippen molar-refractivity contribution in [1.82, 2.24) is 0 Å². The van der Waals surface area contributed by atoms with Gasteiger partial charge in [0.1, 0.15) is 12.4 Å². The van der Waals surface area contributed by atoms with Crippen LogP contribution in [0, 0.1) is 12.3 Å². The van der Waals surface area contributed by atoms with Gasteiger partial charge in [-0.3, -0.25) is 0 Å². The first-order valence-corrected chi connectivity index (χ1v) is 4.92. The second-order valence-electron chi connectivity index (χ2n) is 3.50. The predicted octanol–water partition coefficient (Wildman–Crippen LogP) is 2.02. The Bertz CT molecular complexity index is 400. The summed E-state index contributed by atoms with van der Waals surface area (Å²) in [5, 5.41) is 0. The molecule has 0 atom stereocenters. The highest BCUT2D eigenvalue weighted by Crippen LogP contribution is 2.18. The predicted molar refractivity (Wildman–Crippen MR) is 61.7 cm³/mol. The third kappa shape index (κ3) is 2.13. The van der Waals surface area contributed by atoms with Gasteiger partial charge >= 0.3 is 0 Å². The molecule has 0 unspecified atom stereocenters. The molecule has 0 N–H and O–H groups in total. The minimum atomic E-state index is 0.704. The number of anilines is 1. The molecule has 0 aromatic heterocycles. The largest absolute Gasteiger partial charge is 0.495 e. The molecule has 2 rings (SSSR count). The summed E-state index contributed by atoms with van der Waals surface area (Å²) in [6, 6.07) is 7.97. The average molecular weight is 199 g/mol. The lowest BCUT2D eigenvalue weighted by Crippen LogP contribution is -2.34. The van der Waals surface area contributed by atoms with Crippen LogP contribution in [0.3, 0.4) is 0 Å². The van der Waals surface area contributed by atoms with E-state index in [1.807, 2.05) is 24.3 Å². The fraction of sp³-hybridized carbons (Fsp3) is 0.231. The van der Waals surface area contributed by atoms with Gasteiger partial charge in [0.25, 0.3) is 0 Å². The molecule has 0 spiro atoms. The fourth-order valence-electron chi connectivity index (χ4n) is 1.63. The summed E-state index contributed by atoms with van der Waals surface area (Å²) >= 11 is 0. The van der Waals surface area contributed by atoms with Crippen LogP contribution in [-0.4, -0.2) is 19.7 Å². The van der Waals surface area contributed by atoms with E-state index in [-0.39, 0.29) is 0 Å². The van der Waals surface area contributed by atoms with Crippen molar-refractivity contribution in [3.63, 3.8) is 0 Å². The molecule has 0 radical (unpaired) electrons. The minimum absolute atomic E-state index is 0.704. The van der Waals surface area contributed by atoms with Crippen LogP contribution in [-0.2, 0) is 4.74 Å². The van der Waals surface area contributed by atoms with E-state index in [9.17, 15) is 0 Å². The molecular weight excluding hydrogens is 186 g/mol. The van der Waals surface area contributed by atoms with E-state index >= 15 is 0 Å². The molecule has 2 heteroatoms. The van der Waals surface area contributed by atoms with Gasteiger partial charge in [-0.25, -0.2) is 0 Å². The normalized spacial score (nSPS) is 15.7. The van der Waals surface area contributed by atoms with Crippen LogP contribution in [0.5, 0.6) is 0 Å². The van der Waals surface area contributed by atoms with E-state index in [0.717, 1.165) is 24.4 Å². The highest BCUT2D eigenvalue weighted by atomic mass is 16.5. The molecule has 2 nitrogen and oxygen atoms in total. The highest BCUT2D eigenvalue weighted by molar-refractivity contribution is 5.51. The van der Waals surface area contributed by atoms with Gasteiger partial charge in [-0.2, -0.15) is 0 Å². The first-order chi connectivity index (χ1) is 7.29. The molecule has 0 bridgehead atoms. The molecule has 1 aliphatic rings. The molecule has 1 aromatic carbocycles. The Morgan fingerprint density at radius 1 is 1.33 bits per heavy atom. The zero-order valence-electron chi connectivity index (χ0n) is 8.57. The van der Waals surface area contributed by atoms with E-state index in [1.54, 1.807) is 0 Å². The molecule has 0 saturated carbocycles. The number of hydrogen-bond acceptors (Lipinski definition) is 2. The van der Waals surface area contributed by atoms with Crippen LogP contribution in [0.15, 0.2) is 36.6 Å². The first-order valence-electron chi connectivity index (χ1n) is 4.92. The topological polar surface area (TPSA) is 12.5 Å². The van der Waals surface area contributed by atoms with E-state index in [2.05, 4.69) is 17.4 Å². The van der Waals surface area contributed by atoms with E-state index in [1.165, 1.54) is 5.69 Å². The Morgan fingerprint density at radius 3 is 2.67 bits per heavy atom. The summed E-state index contributed by atoms with van der Waals surface area (Å²) in [5.41, 5.74) is 2.07. The van der Waals surface area contributed by atoms with Crippen molar-refractivity contribution in [2.45, 2.75) is 0 Å². The Hall–Kier alpha value is -1.88. The molecule has 1 saturated heterocycles. The van der Waals surface area contributed by atoms with Gasteiger partial charge in [-0.1, -0.05) is 12.5 Å². The number of terminal acetylenes is 1. The van der Waals surface area contributed by atoms with Gasteiger partial charge in [0.15, 0.2) is 0 Å². The standard InChI is InChI=1S/C13H13NO/c1-3-12-4-6-13(7-5-12)14-8-9-15-11(2)10-14/h1,4-7H,2,8-10H2. The lowest BCUT2D eigenvalue weighted by atomic mass is 10.2. The van der Waals surface area contributed by atoms with E-state index < -0.39 is 0 Å². The van der Waals surface area contributed by atoms with Crippen molar-refractivity contribution in [2.24, 2.45) is 0 Å². The molecule has 0 aliphatic carbocycles. The molecule has 1 fully saturated rings. The first kappa shape index (κ1) is 9.67. The summed E-state index contributed by atoms with van der Waals surface area (Å²) in [6.45, 7) is 6.19. The number of ether oxygens (including phenoxy) is 1. The summed E-state index contributed by atoms with van der Waals surface area (Å²) in [7, 11) is 0. The average Bonchev–Trinajstić information content (AvgIpc) is 2.29. The summed E-state index contributed by atoms with van der Waals surface area (Å²) < 4.78 is 5.31. The summed E-state index contributed by atoms with van der Waals surface area (Å²) in [6.07, 6.45) is 5.30. The maximum Gasteiger partial charge on any atom is 0.108 e. The third-order valence-corrected chi connectivity index (χ3v) is 2.43. The highest BCUT2D eigenvalue weighted by Gasteiger charge is 2.13. The van der Waals surface area contributed by atoms with Crippen molar-refractivity contribution in [1.29, 1.82) is 0 Å². The van der Waals surface area contributed by atoms with Gasteiger partial charge in [-0.05, 0) is 24.3 Å².